The highest BCUT2D eigenvalue weighted by molar-refractivity contribution is 8.00. The summed E-state index contributed by atoms with van der Waals surface area (Å²) in [4.78, 5) is 31.9. The van der Waals surface area contributed by atoms with Gasteiger partial charge in [0.25, 0.3) is 5.56 Å². The second-order valence-corrected chi connectivity index (χ2v) is 8.64. The van der Waals surface area contributed by atoms with Crippen molar-refractivity contribution in [3.05, 3.63) is 51.4 Å². The zero-order valence-corrected chi connectivity index (χ0v) is 17.9. The number of aromatic amines is 1. The van der Waals surface area contributed by atoms with E-state index >= 15 is 0 Å². The van der Waals surface area contributed by atoms with Crippen molar-refractivity contribution in [1.29, 1.82) is 0 Å². The van der Waals surface area contributed by atoms with Gasteiger partial charge in [0.05, 0.1) is 10.9 Å². The molecule has 1 amide bonds. The van der Waals surface area contributed by atoms with Crippen LogP contribution in [0.4, 0.5) is 5.69 Å². The summed E-state index contributed by atoms with van der Waals surface area (Å²) in [6.45, 7) is 8.10. The molecule has 7 heteroatoms. The number of amides is 1. The molecule has 0 radical (unpaired) electrons. The van der Waals surface area contributed by atoms with Crippen LogP contribution in [0.2, 0.25) is 0 Å². The predicted molar refractivity (Wildman–Crippen MR) is 116 cm³/mol. The van der Waals surface area contributed by atoms with Gasteiger partial charge in [-0.1, -0.05) is 37.7 Å². The fraction of sp³-hybridized carbons (Fsp3) is 0.450. The van der Waals surface area contributed by atoms with Crippen LogP contribution in [0.5, 0.6) is 0 Å². The van der Waals surface area contributed by atoms with Gasteiger partial charge in [-0.2, -0.15) is 11.8 Å². The van der Waals surface area contributed by atoms with Crippen LogP contribution in [-0.2, 0) is 10.5 Å². The molecule has 1 unspecified atom stereocenters. The summed E-state index contributed by atoms with van der Waals surface area (Å²) in [5.74, 6) is 1.66. The molecule has 1 atom stereocenters. The number of nitrogens with zero attached hydrogens (tertiary/aromatic N) is 1. The molecule has 0 aliphatic carbocycles. The van der Waals surface area contributed by atoms with Crippen LogP contribution in [0.15, 0.2) is 34.2 Å². The molecule has 1 heterocycles. The van der Waals surface area contributed by atoms with Crippen molar-refractivity contribution < 1.29 is 4.79 Å². The van der Waals surface area contributed by atoms with E-state index < -0.39 is 0 Å². The van der Waals surface area contributed by atoms with Crippen molar-refractivity contribution in [2.45, 2.75) is 56.7 Å². The lowest BCUT2D eigenvalue weighted by Gasteiger charge is -2.16. The first kappa shape index (κ1) is 21.6. The SMILES string of the molecule is CCCSCc1cc(=O)[nH]c(SC(CC)C(=O)Nc2cccc(C)c2C)n1. The number of nitrogens with one attached hydrogen (secondary N) is 2. The van der Waals surface area contributed by atoms with Gasteiger partial charge < -0.3 is 10.3 Å². The summed E-state index contributed by atoms with van der Waals surface area (Å²) in [6, 6.07) is 7.39. The lowest BCUT2D eigenvalue weighted by atomic mass is 10.1. The van der Waals surface area contributed by atoms with Gasteiger partial charge in [-0.15, -0.1) is 0 Å². The Kier molecular flexibility index (Phi) is 8.44. The summed E-state index contributed by atoms with van der Waals surface area (Å²) < 4.78 is 0. The van der Waals surface area contributed by atoms with Crippen molar-refractivity contribution in [3.8, 4) is 0 Å². The Morgan fingerprint density at radius 1 is 1.30 bits per heavy atom. The number of aromatic nitrogens is 2. The van der Waals surface area contributed by atoms with Crippen molar-refractivity contribution in [3.63, 3.8) is 0 Å². The molecule has 27 heavy (non-hydrogen) atoms. The van der Waals surface area contributed by atoms with Crippen molar-refractivity contribution in [1.82, 2.24) is 9.97 Å². The van der Waals surface area contributed by atoms with Gasteiger partial charge >= 0.3 is 0 Å². The third-order valence-electron chi connectivity index (χ3n) is 4.15. The minimum atomic E-state index is -0.327. The van der Waals surface area contributed by atoms with Crippen LogP contribution in [0.25, 0.3) is 0 Å². The van der Waals surface area contributed by atoms with Crippen molar-refractivity contribution in [2.75, 3.05) is 11.1 Å². The lowest BCUT2D eigenvalue weighted by molar-refractivity contribution is -0.115. The monoisotopic (exact) mass is 405 g/mol. The second kappa shape index (κ2) is 10.6. The van der Waals surface area contributed by atoms with E-state index in [1.54, 1.807) is 11.8 Å². The molecule has 146 valence electrons. The fourth-order valence-electron chi connectivity index (χ4n) is 2.49. The zero-order chi connectivity index (χ0) is 19.8. The summed E-state index contributed by atoms with van der Waals surface area (Å²) in [6.07, 6.45) is 1.73. The number of hydrogen-bond donors (Lipinski definition) is 2. The standard InChI is InChI=1S/C20H27N3O2S2/c1-5-10-26-12-15-11-18(24)23-20(21-15)27-17(6-2)19(25)22-16-9-7-8-13(3)14(16)4/h7-9,11,17H,5-6,10,12H2,1-4H3,(H,22,25)(H,21,23,24). The van der Waals surface area contributed by atoms with Gasteiger partial charge in [0, 0.05) is 17.5 Å². The Morgan fingerprint density at radius 3 is 2.78 bits per heavy atom. The first-order valence-electron chi connectivity index (χ1n) is 9.16. The minimum absolute atomic E-state index is 0.0791. The van der Waals surface area contributed by atoms with E-state index in [1.165, 1.54) is 17.8 Å². The highest BCUT2D eigenvalue weighted by Crippen LogP contribution is 2.25. The van der Waals surface area contributed by atoms with Crippen LogP contribution >= 0.6 is 23.5 Å². The van der Waals surface area contributed by atoms with E-state index in [0.29, 0.717) is 17.3 Å². The van der Waals surface area contributed by atoms with E-state index in [0.717, 1.165) is 34.7 Å². The maximum atomic E-state index is 12.7. The molecule has 0 spiro atoms. The largest absolute Gasteiger partial charge is 0.325 e. The van der Waals surface area contributed by atoms with Crippen molar-refractivity contribution in [2.24, 2.45) is 0 Å². The second-order valence-electron chi connectivity index (χ2n) is 6.35. The Morgan fingerprint density at radius 2 is 2.07 bits per heavy atom. The van der Waals surface area contributed by atoms with Gasteiger partial charge in [-0.25, -0.2) is 4.98 Å². The average molecular weight is 406 g/mol. The molecule has 1 aromatic heterocycles. The summed E-state index contributed by atoms with van der Waals surface area (Å²) in [7, 11) is 0. The molecule has 2 aromatic rings. The summed E-state index contributed by atoms with van der Waals surface area (Å²) >= 11 is 3.06. The molecule has 0 fully saturated rings. The van der Waals surface area contributed by atoms with Gasteiger partial charge in [0.2, 0.25) is 5.91 Å². The number of aryl methyl sites for hydroxylation is 1. The Balaban J connectivity index is 2.10. The Hall–Kier alpha value is -1.73. The van der Waals surface area contributed by atoms with Gasteiger partial charge in [0.15, 0.2) is 5.16 Å². The number of H-pyrrole nitrogens is 1. The topological polar surface area (TPSA) is 74.8 Å². The summed E-state index contributed by atoms with van der Waals surface area (Å²) in [5, 5.41) is 3.18. The van der Waals surface area contributed by atoms with Crippen LogP contribution in [0.1, 0.15) is 43.5 Å². The number of carbonyl (C=O) groups excluding carboxylic acids is 1. The molecule has 0 aliphatic heterocycles. The molecule has 0 saturated heterocycles. The van der Waals surface area contributed by atoms with Crippen LogP contribution in [0.3, 0.4) is 0 Å². The van der Waals surface area contributed by atoms with E-state index in [4.69, 9.17) is 0 Å². The van der Waals surface area contributed by atoms with E-state index in [-0.39, 0.29) is 16.7 Å². The maximum absolute atomic E-state index is 12.7. The van der Waals surface area contributed by atoms with E-state index in [2.05, 4.69) is 22.2 Å². The molecule has 2 rings (SSSR count). The fourth-order valence-corrected chi connectivity index (χ4v) is 4.21. The number of rotatable bonds is 9. The number of hydrogen-bond acceptors (Lipinski definition) is 5. The first-order chi connectivity index (χ1) is 12.9. The lowest BCUT2D eigenvalue weighted by Crippen LogP contribution is -2.26. The molecule has 0 bridgehead atoms. The normalized spacial score (nSPS) is 12.0. The number of benzene rings is 1. The van der Waals surface area contributed by atoms with E-state index in [1.807, 2.05) is 39.0 Å². The third-order valence-corrected chi connectivity index (χ3v) is 6.60. The first-order valence-corrected chi connectivity index (χ1v) is 11.2. The van der Waals surface area contributed by atoms with Crippen LogP contribution < -0.4 is 10.9 Å². The smallest absolute Gasteiger partial charge is 0.251 e. The van der Waals surface area contributed by atoms with Crippen molar-refractivity contribution >= 4 is 35.1 Å². The molecular formula is C20H27N3O2S2. The summed E-state index contributed by atoms with van der Waals surface area (Å²) in [5.41, 5.74) is 3.60. The molecule has 2 N–H and O–H groups in total. The Bertz CT molecular complexity index is 836. The quantitative estimate of drug-likeness (QED) is 0.364. The molecular weight excluding hydrogens is 378 g/mol. The van der Waals surface area contributed by atoms with E-state index in [9.17, 15) is 9.59 Å². The van der Waals surface area contributed by atoms with Crippen LogP contribution in [0, 0.1) is 13.8 Å². The number of anilines is 1. The third kappa shape index (κ3) is 6.43. The molecule has 5 nitrogen and oxygen atoms in total. The predicted octanol–water partition coefficient (Wildman–Crippen LogP) is 4.54. The molecule has 0 saturated carbocycles. The molecule has 0 aliphatic rings. The highest BCUT2D eigenvalue weighted by Gasteiger charge is 2.20. The van der Waals surface area contributed by atoms with Gasteiger partial charge in [0.1, 0.15) is 0 Å². The highest BCUT2D eigenvalue weighted by atomic mass is 32.2. The van der Waals surface area contributed by atoms with Crippen LogP contribution in [-0.4, -0.2) is 26.9 Å². The van der Waals surface area contributed by atoms with Gasteiger partial charge in [-0.05, 0) is 49.6 Å². The molecule has 1 aromatic carbocycles. The average Bonchev–Trinajstić information content (AvgIpc) is 2.63. The minimum Gasteiger partial charge on any atom is -0.325 e. The maximum Gasteiger partial charge on any atom is 0.251 e. The number of carbonyl (C=O) groups is 1. The van der Waals surface area contributed by atoms with Gasteiger partial charge in [-0.3, -0.25) is 9.59 Å². The zero-order valence-electron chi connectivity index (χ0n) is 16.3. The number of thioether (sulfide) groups is 2. The Labute approximate surface area is 169 Å².